The molecule has 0 saturated carbocycles. The van der Waals surface area contributed by atoms with Gasteiger partial charge in [0.05, 0.1) is 17.1 Å². The van der Waals surface area contributed by atoms with Crippen LogP contribution in [-0.2, 0) is 0 Å². The third kappa shape index (κ3) is 3.12. The number of rotatable bonds is 4. The van der Waals surface area contributed by atoms with E-state index in [1.165, 1.54) is 12.1 Å². The molecule has 0 spiro atoms. The topological polar surface area (TPSA) is 112 Å². The minimum absolute atomic E-state index is 0.131. The van der Waals surface area contributed by atoms with Crippen LogP contribution in [0.15, 0.2) is 12.1 Å². The minimum atomic E-state index is -0.660. The Morgan fingerprint density at radius 1 is 1.65 bits per heavy atom. The van der Waals surface area contributed by atoms with Crippen molar-refractivity contribution in [3.05, 3.63) is 27.9 Å². The van der Waals surface area contributed by atoms with Crippen LogP contribution in [0.25, 0.3) is 0 Å². The molecule has 0 aromatic carbocycles. The largest absolute Gasteiger partial charge is 0.394 e. The van der Waals surface area contributed by atoms with E-state index < -0.39 is 10.5 Å². The number of nitriles is 1. The minimum Gasteiger partial charge on any atom is -0.394 e. The number of nitro groups is 1. The average molecular weight is 236 g/mol. The first-order valence-corrected chi connectivity index (χ1v) is 4.84. The Bertz CT molecular complexity index is 479. The van der Waals surface area contributed by atoms with E-state index in [9.17, 15) is 10.1 Å². The molecule has 1 aromatic heterocycles. The van der Waals surface area contributed by atoms with E-state index in [0.717, 1.165) is 0 Å². The molecule has 1 aromatic rings. The molecule has 90 valence electrons. The van der Waals surface area contributed by atoms with Crippen molar-refractivity contribution in [1.29, 1.82) is 5.26 Å². The molecular weight excluding hydrogens is 224 g/mol. The van der Waals surface area contributed by atoms with Gasteiger partial charge in [0.2, 0.25) is 5.69 Å². The molecule has 17 heavy (non-hydrogen) atoms. The van der Waals surface area contributed by atoms with Crippen LogP contribution in [0.5, 0.6) is 0 Å². The molecule has 0 aliphatic heterocycles. The summed E-state index contributed by atoms with van der Waals surface area (Å²) < 4.78 is 0. The van der Waals surface area contributed by atoms with Crippen LogP contribution < -0.4 is 5.32 Å². The van der Waals surface area contributed by atoms with Crippen molar-refractivity contribution in [2.24, 2.45) is 0 Å². The summed E-state index contributed by atoms with van der Waals surface area (Å²) in [6.07, 6.45) is 0. The quantitative estimate of drug-likeness (QED) is 0.596. The Balaban J connectivity index is 3.07. The van der Waals surface area contributed by atoms with Crippen molar-refractivity contribution < 1.29 is 10.0 Å². The average Bonchev–Trinajstić information content (AvgIpc) is 2.28. The first-order chi connectivity index (χ1) is 7.89. The third-order valence-electron chi connectivity index (χ3n) is 2.04. The Hall–Kier alpha value is -2.20. The second-order valence-corrected chi connectivity index (χ2v) is 4.10. The first kappa shape index (κ1) is 12.9. The standard InChI is InChI=1S/C10H12N4O3/c1-10(2,6-15)13-9-4-3-8(14(16)17)7(5-11)12-9/h3-4,15H,6H2,1-2H3,(H,12,13). The molecule has 2 N–H and O–H groups in total. The van der Waals surface area contributed by atoms with Crippen molar-refractivity contribution in [1.82, 2.24) is 4.98 Å². The molecule has 0 amide bonds. The molecule has 0 aliphatic rings. The van der Waals surface area contributed by atoms with Gasteiger partial charge in [0.1, 0.15) is 11.9 Å². The van der Waals surface area contributed by atoms with Gasteiger partial charge in [0, 0.05) is 6.07 Å². The lowest BCUT2D eigenvalue weighted by Gasteiger charge is -2.23. The summed E-state index contributed by atoms with van der Waals surface area (Å²) in [7, 11) is 0. The summed E-state index contributed by atoms with van der Waals surface area (Å²) in [5, 5.41) is 31.3. The second-order valence-electron chi connectivity index (χ2n) is 4.10. The molecule has 1 heterocycles. The zero-order valence-corrected chi connectivity index (χ0v) is 9.47. The van der Waals surface area contributed by atoms with Gasteiger partial charge in [-0.1, -0.05) is 0 Å². The van der Waals surface area contributed by atoms with Crippen LogP contribution in [0.2, 0.25) is 0 Å². The number of nitrogens with zero attached hydrogens (tertiary/aromatic N) is 3. The normalized spacial score (nSPS) is 10.7. The fourth-order valence-electron chi connectivity index (χ4n) is 1.14. The van der Waals surface area contributed by atoms with Crippen LogP contribution in [0.4, 0.5) is 11.5 Å². The summed E-state index contributed by atoms with van der Waals surface area (Å²) in [5.74, 6) is 0.311. The number of aromatic nitrogens is 1. The molecule has 0 saturated heterocycles. The number of hydrogen-bond donors (Lipinski definition) is 2. The van der Waals surface area contributed by atoms with Crippen LogP contribution in [0, 0.1) is 21.4 Å². The molecule has 0 radical (unpaired) electrons. The van der Waals surface area contributed by atoms with E-state index in [2.05, 4.69) is 10.3 Å². The molecule has 0 atom stereocenters. The highest BCUT2D eigenvalue weighted by atomic mass is 16.6. The predicted molar refractivity (Wildman–Crippen MR) is 60.4 cm³/mol. The van der Waals surface area contributed by atoms with Gasteiger partial charge in [-0.2, -0.15) is 5.26 Å². The van der Waals surface area contributed by atoms with Crippen molar-refractivity contribution >= 4 is 11.5 Å². The maximum atomic E-state index is 10.6. The van der Waals surface area contributed by atoms with E-state index in [1.807, 2.05) is 0 Å². The summed E-state index contributed by atoms with van der Waals surface area (Å²) in [6, 6.07) is 4.27. The zero-order chi connectivity index (χ0) is 13.1. The van der Waals surface area contributed by atoms with E-state index in [1.54, 1.807) is 19.9 Å². The summed E-state index contributed by atoms with van der Waals surface area (Å²) >= 11 is 0. The van der Waals surface area contributed by atoms with E-state index in [-0.39, 0.29) is 18.0 Å². The lowest BCUT2D eigenvalue weighted by atomic mass is 10.1. The fourth-order valence-corrected chi connectivity index (χ4v) is 1.14. The Morgan fingerprint density at radius 2 is 2.29 bits per heavy atom. The molecule has 7 heteroatoms. The van der Waals surface area contributed by atoms with E-state index in [4.69, 9.17) is 10.4 Å². The first-order valence-electron chi connectivity index (χ1n) is 4.84. The zero-order valence-electron chi connectivity index (χ0n) is 9.47. The number of anilines is 1. The smallest absolute Gasteiger partial charge is 0.305 e. The summed E-state index contributed by atoms with van der Waals surface area (Å²) in [6.45, 7) is 3.35. The van der Waals surface area contributed by atoms with Gasteiger partial charge in [-0.05, 0) is 19.9 Å². The monoisotopic (exact) mass is 236 g/mol. The molecule has 7 nitrogen and oxygen atoms in total. The fraction of sp³-hybridized carbons (Fsp3) is 0.400. The van der Waals surface area contributed by atoms with Crippen LogP contribution in [-0.4, -0.2) is 27.2 Å². The molecule has 0 unspecified atom stereocenters. The maximum Gasteiger partial charge on any atom is 0.305 e. The van der Waals surface area contributed by atoms with Crippen molar-refractivity contribution in [2.75, 3.05) is 11.9 Å². The SMILES string of the molecule is CC(C)(CO)Nc1ccc([N+](=O)[O-])c(C#N)n1. The lowest BCUT2D eigenvalue weighted by Crippen LogP contribution is -2.35. The number of aliphatic hydroxyl groups excluding tert-OH is 1. The van der Waals surface area contributed by atoms with E-state index in [0.29, 0.717) is 5.82 Å². The Kier molecular flexibility index (Phi) is 3.60. The predicted octanol–water partition coefficient (Wildman–Crippen LogP) is 1.04. The molecule has 1 rings (SSSR count). The van der Waals surface area contributed by atoms with Gasteiger partial charge < -0.3 is 10.4 Å². The highest BCUT2D eigenvalue weighted by molar-refractivity contribution is 5.51. The van der Waals surface area contributed by atoms with Gasteiger partial charge in [-0.25, -0.2) is 4.98 Å². The number of nitrogens with one attached hydrogen (secondary N) is 1. The molecule has 0 aliphatic carbocycles. The van der Waals surface area contributed by atoms with Crippen molar-refractivity contribution in [2.45, 2.75) is 19.4 Å². The summed E-state index contributed by atoms with van der Waals surface area (Å²) in [4.78, 5) is 13.7. The van der Waals surface area contributed by atoms with Gasteiger partial charge in [-0.15, -0.1) is 0 Å². The third-order valence-corrected chi connectivity index (χ3v) is 2.04. The van der Waals surface area contributed by atoms with Crippen LogP contribution in [0.3, 0.4) is 0 Å². The van der Waals surface area contributed by atoms with Crippen molar-refractivity contribution in [3.8, 4) is 6.07 Å². The maximum absolute atomic E-state index is 10.6. The molecular formula is C10H12N4O3. The van der Waals surface area contributed by atoms with Gasteiger partial charge in [-0.3, -0.25) is 10.1 Å². The van der Waals surface area contributed by atoms with Crippen LogP contribution >= 0.6 is 0 Å². The lowest BCUT2D eigenvalue weighted by molar-refractivity contribution is -0.385. The second kappa shape index (κ2) is 4.76. The van der Waals surface area contributed by atoms with E-state index >= 15 is 0 Å². The van der Waals surface area contributed by atoms with Gasteiger partial charge in [0.25, 0.3) is 0 Å². The highest BCUT2D eigenvalue weighted by Crippen LogP contribution is 2.20. The summed E-state index contributed by atoms with van der Waals surface area (Å²) in [5.41, 5.74) is -1.20. The van der Waals surface area contributed by atoms with Crippen molar-refractivity contribution in [3.63, 3.8) is 0 Å². The van der Waals surface area contributed by atoms with Gasteiger partial charge in [0.15, 0.2) is 0 Å². The molecule has 0 bridgehead atoms. The Morgan fingerprint density at radius 3 is 2.76 bits per heavy atom. The van der Waals surface area contributed by atoms with Gasteiger partial charge >= 0.3 is 5.69 Å². The Labute approximate surface area is 97.9 Å². The highest BCUT2D eigenvalue weighted by Gasteiger charge is 2.20. The van der Waals surface area contributed by atoms with Crippen LogP contribution in [0.1, 0.15) is 19.5 Å². The number of pyridine rings is 1. The molecule has 0 fully saturated rings. The number of hydrogen-bond acceptors (Lipinski definition) is 6. The number of aliphatic hydroxyl groups is 1.